The molecule has 0 heterocycles. The van der Waals surface area contributed by atoms with Gasteiger partial charge in [0.25, 0.3) is 0 Å². The fourth-order valence-electron chi connectivity index (χ4n) is 2.41. The molecule has 0 saturated heterocycles. The van der Waals surface area contributed by atoms with Crippen molar-refractivity contribution in [2.45, 2.75) is 96.1 Å². The summed E-state index contributed by atoms with van der Waals surface area (Å²) in [7, 11) is 0. The summed E-state index contributed by atoms with van der Waals surface area (Å²) in [5, 5.41) is 18.3. The lowest BCUT2D eigenvalue weighted by Gasteiger charge is -2.11. The molecule has 0 spiro atoms. The topological polar surface area (TPSA) is 66.5 Å². The molecule has 21 heavy (non-hydrogen) atoms. The van der Waals surface area contributed by atoms with Gasteiger partial charge in [-0.2, -0.15) is 0 Å². The Kier molecular flexibility index (Phi) is 15.7. The van der Waals surface area contributed by atoms with Gasteiger partial charge in [-0.05, 0) is 12.8 Å². The van der Waals surface area contributed by atoms with E-state index in [1.54, 1.807) is 6.08 Å². The number of aliphatic hydroxyl groups excluding tert-OH is 2. The minimum atomic E-state index is -0.720. The normalized spacial score (nSPS) is 14.7. The molecule has 0 fully saturated rings. The molecule has 0 aliphatic carbocycles. The van der Waals surface area contributed by atoms with Gasteiger partial charge < -0.3 is 15.9 Å². The third-order valence-electron chi connectivity index (χ3n) is 3.96. The van der Waals surface area contributed by atoms with Crippen LogP contribution >= 0.6 is 0 Å². The number of aliphatic hydroxyl groups is 2. The molecule has 0 saturated carbocycles. The van der Waals surface area contributed by atoms with Crippen molar-refractivity contribution in [2.75, 3.05) is 6.61 Å². The molecule has 3 heteroatoms. The van der Waals surface area contributed by atoms with Gasteiger partial charge in [0.1, 0.15) is 0 Å². The molecule has 1 unspecified atom stereocenters. The van der Waals surface area contributed by atoms with Crippen LogP contribution in [0.5, 0.6) is 0 Å². The molecule has 3 nitrogen and oxygen atoms in total. The predicted molar refractivity (Wildman–Crippen MR) is 91.3 cm³/mol. The molecule has 4 N–H and O–H groups in total. The van der Waals surface area contributed by atoms with Gasteiger partial charge >= 0.3 is 0 Å². The van der Waals surface area contributed by atoms with Crippen molar-refractivity contribution in [1.82, 2.24) is 0 Å². The fourth-order valence-corrected chi connectivity index (χ4v) is 2.41. The van der Waals surface area contributed by atoms with Crippen LogP contribution < -0.4 is 5.73 Å². The quantitative estimate of drug-likeness (QED) is 0.317. The number of rotatable bonds is 15. The van der Waals surface area contributed by atoms with Gasteiger partial charge in [0, 0.05) is 0 Å². The van der Waals surface area contributed by atoms with Crippen molar-refractivity contribution in [1.29, 1.82) is 0 Å². The van der Waals surface area contributed by atoms with Gasteiger partial charge in [0.2, 0.25) is 0 Å². The van der Waals surface area contributed by atoms with E-state index in [-0.39, 0.29) is 6.61 Å². The molecule has 126 valence electrons. The van der Waals surface area contributed by atoms with E-state index in [1.807, 2.05) is 6.08 Å². The Bertz CT molecular complexity index is 231. The van der Waals surface area contributed by atoms with Crippen LogP contribution in [0.2, 0.25) is 0 Å². The lowest BCUT2D eigenvalue weighted by atomic mass is 10.0. The van der Waals surface area contributed by atoms with Crippen LogP contribution in [0.3, 0.4) is 0 Å². The Morgan fingerprint density at radius 2 is 1.33 bits per heavy atom. The summed E-state index contributed by atoms with van der Waals surface area (Å²) in [4.78, 5) is 0. The van der Waals surface area contributed by atoms with Crippen LogP contribution in [0.1, 0.15) is 84.0 Å². The lowest BCUT2D eigenvalue weighted by Crippen LogP contribution is -2.36. The summed E-state index contributed by atoms with van der Waals surface area (Å²) in [5.74, 6) is 0. The predicted octanol–water partition coefficient (Wildman–Crippen LogP) is 3.92. The number of hydrogen-bond donors (Lipinski definition) is 3. The van der Waals surface area contributed by atoms with Gasteiger partial charge in [-0.3, -0.25) is 0 Å². The molecule has 0 radical (unpaired) electrons. The van der Waals surface area contributed by atoms with E-state index >= 15 is 0 Å². The Morgan fingerprint density at radius 3 is 1.81 bits per heavy atom. The van der Waals surface area contributed by atoms with Crippen LogP contribution in [0, 0.1) is 0 Å². The third-order valence-corrected chi connectivity index (χ3v) is 3.96. The summed E-state index contributed by atoms with van der Waals surface area (Å²) >= 11 is 0. The SMILES string of the molecule is CCCCCCCCCCCCC/C=C/C(O)[C@@H](N)CO. The minimum absolute atomic E-state index is 0.177. The highest BCUT2D eigenvalue weighted by Crippen LogP contribution is 2.12. The van der Waals surface area contributed by atoms with Crippen molar-refractivity contribution in [2.24, 2.45) is 5.73 Å². The van der Waals surface area contributed by atoms with E-state index in [0.29, 0.717) is 0 Å². The first-order chi connectivity index (χ1) is 10.2. The Labute approximate surface area is 131 Å². The van der Waals surface area contributed by atoms with E-state index in [0.717, 1.165) is 6.42 Å². The van der Waals surface area contributed by atoms with E-state index < -0.39 is 12.1 Å². The largest absolute Gasteiger partial charge is 0.395 e. The number of allylic oxidation sites excluding steroid dienone is 1. The maximum absolute atomic E-state index is 9.52. The smallest absolute Gasteiger partial charge is 0.0894 e. The molecule has 0 rings (SSSR count). The lowest BCUT2D eigenvalue weighted by molar-refractivity contribution is 0.144. The van der Waals surface area contributed by atoms with Crippen molar-refractivity contribution in [3.8, 4) is 0 Å². The minimum Gasteiger partial charge on any atom is -0.395 e. The first-order valence-corrected chi connectivity index (χ1v) is 8.93. The van der Waals surface area contributed by atoms with Crippen molar-refractivity contribution in [3.63, 3.8) is 0 Å². The van der Waals surface area contributed by atoms with Crippen LogP contribution in [0.25, 0.3) is 0 Å². The van der Waals surface area contributed by atoms with Gasteiger partial charge in [0.05, 0.1) is 18.8 Å². The van der Waals surface area contributed by atoms with E-state index in [4.69, 9.17) is 10.8 Å². The zero-order valence-corrected chi connectivity index (χ0v) is 14.0. The number of unbranched alkanes of at least 4 members (excludes halogenated alkanes) is 11. The highest BCUT2D eigenvalue weighted by Gasteiger charge is 2.08. The summed E-state index contributed by atoms with van der Waals surface area (Å²) in [6.07, 6.45) is 18.8. The highest BCUT2D eigenvalue weighted by atomic mass is 16.3. The van der Waals surface area contributed by atoms with Gasteiger partial charge in [-0.25, -0.2) is 0 Å². The summed E-state index contributed by atoms with van der Waals surface area (Å²) in [6.45, 7) is 2.08. The van der Waals surface area contributed by atoms with Gasteiger partial charge in [-0.1, -0.05) is 83.3 Å². The van der Waals surface area contributed by atoms with Crippen molar-refractivity contribution < 1.29 is 10.2 Å². The molecule has 0 aromatic heterocycles. The molecular weight excluding hydrogens is 262 g/mol. The average molecular weight is 299 g/mol. The van der Waals surface area contributed by atoms with Crippen LogP contribution in [0.15, 0.2) is 12.2 Å². The molecule has 0 aromatic carbocycles. The summed E-state index contributed by atoms with van der Waals surface area (Å²) < 4.78 is 0. The van der Waals surface area contributed by atoms with Gasteiger partial charge in [-0.15, -0.1) is 0 Å². The second-order valence-electron chi connectivity index (χ2n) is 6.09. The standard InChI is InChI=1S/C18H37NO2/c1-2-3-4-5-6-7-8-9-10-11-12-13-14-15-18(21)17(19)16-20/h14-15,17-18,20-21H,2-13,16,19H2,1H3/b15-14+/t17-,18?/m0/s1. The maximum atomic E-state index is 9.52. The van der Waals surface area contributed by atoms with E-state index in [1.165, 1.54) is 70.6 Å². The Hall–Kier alpha value is -0.380. The molecule has 2 atom stereocenters. The zero-order chi connectivity index (χ0) is 15.8. The monoisotopic (exact) mass is 299 g/mol. The number of hydrogen-bond acceptors (Lipinski definition) is 3. The van der Waals surface area contributed by atoms with Crippen molar-refractivity contribution >= 4 is 0 Å². The first kappa shape index (κ1) is 20.6. The van der Waals surface area contributed by atoms with Crippen LogP contribution in [0.4, 0.5) is 0 Å². The second-order valence-corrected chi connectivity index (χ2v) is 6.09. The van der Waals surface area contributed by atoms with Crippen molar-refractivity contribution in [3.05, 3.63) is 12.2 Å². The number of nitrogens with two attached hydrogens (primary N) is 1. The zero-order valence-electron chi connectivity index (χ0n) is 14.0. The Balaban J connectivity index is 3.20. The Morgan fingerprint density at radius 1 is 0.857 bits per heavy atom. The van der Waals surface area contributed by atoms with E-state index in [9.17, 15) is 5.11 Å². The first-order valence-electron chi connectivity index (χ1n) is 8.93. The molecule has 0 aliphatic rings. The van der Waals surface area contributed by atoms with E-state index in [2.05, 4.69) is 6.92 Å². The maximum Gasteiger partial charge on any atom is 0.0894 e. The molecule has 0 aliphatic heterocycles. The molecule has 0 aromatic rings. The summed E-state index contributed by atoms with van der Waals surface area (Å²) in [5.41, 5.74) is 5.51. The third kappa shape index (κ3) is 14.3. The van der Waals surface area contributed by atoms with Crippen LogP contribution in [-0.2, 0) is 0 Å². The average Bonchev–Trinajstić information content (AvgIpc) is 2.50. The second kappa shape index (κ2) is 16.0. The summed E-state index contributed by atoms with van der Waals surface area (Å²) in [6, 6.07) is -0.557. The fraction of sp³-hybridized carbons (Fsp3) is 0.889. The highest BCUT2D eigenvalue weighted by molar-refractivity contribution is 4.93. The molecule has 0 amide bonds. The van der Waals surface area contributed by atoms with Crippen LogP contribution in [-0.4, -0.2) is 29.0 Å². The molecule has 0 bridgehead atoms. The van der Waals surface area contributed by atoms with Gasteiger partial charge in [0.15, 0.2) is 0 Å². The molecular formula is C18H37NO2.